The third-order valence-electron chi connectivity index (χ3n) is 3.04. The van der Waals surface area contributed by atoms with Crippen LogP contribution in [0, 0.1) is 13.8 Å². The van der Waals surface area contributed by atoms with Gasteiger partial charge in [0.2, 0.25) is 10.0 Å². The lowest BCUT2D eigenvalue weighted by Gasteiger charge is -2.16. The summed E-state index contributed by atoms with van der Waals surface area (Å²) in [4.78, 5) is 6.41. The number of nitrogens with one attached hydrogen (secondary N) is 1. The molecule has 0 aliphatic heterocycles. The molecule has 0 amide bonds. The lowest BCUT2D eigenvalue weighted by atomic mass is 10.1. The highest BCUT2D eigenvalue weighted by molar-refractivity contribution is 7.89. The minimum atomic E-state index is -3.51. The van der Waals surface area contributed by atoms with E-state index in [9.17, 15) is 8.42 Å². The smallest absolute Gasteiger partial charge is 0.242 e. The summed E-state index contributed by atoms with van der Waals surface area (Å²) in [5.74, 6) is 0. The summed E-state index contributed by atoms with van der Waals surface area (Å²) >= 11 is 1.49. The number of sulfonamides is 1. The second-order valence-corrected chi connectivity index (χ2v) is 7.76. The fourth-order valence-electron chi connectivity index (χ4n) is 2.06. The zero-order valence-corrected chi connectivity index (χ0v) is 13.4. The Balaban J connectivity index is 2.29. The van der Waals surface area contributed by atoms with Crippen molar-refractivity contribution < 1.29 is 8.42 Å². The van der Waals surface area contributed by atoms with Gasteiger partial charge in [-0.2, -0.15) is 0 Å². The standard InChI is InChI=1S/C14H18N2O2S2/c1-4-12(13-7-5-6-8-15-13)16-20(17,18)14-9-10(2)19-11(14)3/h5-9,12,16H,4H2,1-3H3. The average Bonchev–Trinajstić information content (AvgIpc) is 2.77. The first-order valence-corrected chi connectivity index (χ1v) is 8.74. The van der Waals surface area contributed by atoms with Gasteiger partial charge >= 0.3 is 0 Å². The second kappa shape index (κ2) is 6.03. The maximum absolute atomic E-state index is 12.5. The summed E-state index contributed by atoms with van der Waals surface area (Å²) < 4.78 is 27.7. The van der Waals surface area contributed by atoms with E-state index >= 15 is 0 Å². The van der Waals surface area contributed by atoms with E-state index in [4.69, 9.17) is 0 Å². The number of hydrogen-bond acceptors (Lipinski definition) is 4. The van der Waals surface area contributed by atoms with Crippen molar-refractivity contribution in [1.29, 1.82) is 0 Å². The molecule has 20 heavy (non-hydrogen) atoms. The van der Waals surface area contributed by atoms with Crippen LogP contribution in [0.3, 0.4) is 0 Å². The summed E-state index contributed by atoms with van der Waals surface area (Å²) in [5.41, 5.74) is 0.739. The van der Waals surface area contributed by atoms with Crippen molar-refractivity contribution in [3.05, 3.63) is 45.9 Å². The van der Waals surface area contributed by atoms with E-state index in [1.54, 1.807) is 12.3 Å². The zero-order valence-electron chi connectivity index (χ0n) is 11.8. The number of thiophene rings is 1. The molecule has 1 atom stereocenters. The Labute approximate surface area is 123 Å². The number of pyridine rings is 1. The molecule has 108 valence electrons. The average molecular weight is 310 g/mol. The molecule has 2 aromatic heterocycles. The predicted octanol–water partition coefficient (Wildman–Crippen LogP) is 3.19. The number of aromatic nitrogens is 1. The van der Waals surface area contributed by atoms with Gasteiger partial charge in [-0.1, -0.05) is 13.0 Å². The van der Waals surface area contributed by atoms with Gasteiger partial charge in [0.1, 0.15) is 0 Å². The molecule has 0 aliphatic rings. The van der Waals surface area contributed by atoms with Gasteiger partial charge in [-0.25, -0.2) is 13.1 Å². The van der Waals surface area contributed by atoms with Gasteiger partial charge in [0.15, 0.2) is 0 Å². The molecule has 2 heterocycles. The van der Waals surface area contributed by atoms with E-state index in [0.29, 0.717) is 11.3 Å². The molecule has 0 spiro atoms. The molecule has 0 bridgehead atoms. The fourth-order valence-corrected chi connectivity index (χ4v) is 4.91. The first-order valence-electron chi connectivity index (χ1n) is 6.44. The highest BCUT2D eigenvalue weighted by Crippen LogP contribution is 2.26. The molecule has 0 saturated carbocycles. The van der Waals surface area contributed by atoms with Gasteiger partial charge < -0.3 is 0 Å². The van der Waals surface area contributed by atoms with Gasteiger partial charge in [0.05, 0.1) is 16.6 Å². The molecule has 0 aliphatic carbocycles. The van der Waals surface area contributed by atoms with Crippen LogP contribution >= 0.6 is 11.3 Å². The van der Waals surface area contributed by atoms with E-state index in [-0.39, 0.29) is 6.04 Å². The van der Waals surface area contributed by atoms with Crippen molar-refractivity contribution in [2.45, 2.75) is 38.1 Å². The highest BCUT2D eigenvalue weighted by Gasteiger charge is 2.23. The van der Waals surface area contributed by atoms with Gasteiger partial charge in [-0.05, 0) is 38.5 Å². The summed E-state index contributed by atoms with van der Waals surface area (Å²) in [6.45, 7) is 5.67. The number of rotatable bonds is 5. The summed E-state index contributed by atoms with van der Waals surface area (Å²) in [6.07, 6.45) is 2.32. The zero-order chi connectivity index (χ0) is 14.8. The molecule has 2 aromatic rings. The molecule has 4 nitrogen and oxygen atoms in total. The van der Waals surface area contributed by atoms with Crippen LogP contribution in [0.2, 0.25) is 0 Å². The Kier molecular flexibility index (Phi) is 4.57. The van der Waals surface area contributed by atoms with E-state index < -0.39 is 10.0 Å². The van der Waals surface area contributed by atoms with Crippen molar-refractivity contribution >= 4 is 21.4 Å². The van der Waals surface area contributed by atoms with E-state index in [1.165, 1.54) is 11.3 Å². The van der Waals surface area contributed by atoms with Gasteiger partial charge in [-0.15, -0.1) is 11.3 Å². The Morgan fingerprint density at radius 2 is 2.10 bits per heavy atom. The third kappa shape index (κ3) is 3.26. The van der Waals surface area contributed by atoms with Crippen LogP contribution in [0.1, 0.15) is 34.8 Å². The Morgan fingerprint density at radius 1 is 1.35 bits per heavy atom. The van der Waals surface area contributed by atoms with Crippen LogP contribution in [0.15, 0.2) is 35.4 Å². The van der Waals surface area contributed by atoms with Crippen LogP contribution in [0.4, 0.5) is 0 Å². The molecule has 1 unspecified atom stereocenters. The third-order valence-corrected chi connectivity index (χ3v) is 5.73. The minimum Gasteiger partial charge on any atom is -0.260 e. The van der Waals surface area contributed by atoms with Crippen molar-refractivity contribution in [2.24, 2.45) is 0 Å². The summed E-state index contributed by atoms with van der Waals surface area (Å²) in [5, 5.41) is 0. The molecule has 0 saturated heterocycles. The molecule has 0 aromatic carbocycles. The van der Waals surface area contributed by atoms with Crippen LogP contribution in [0.25, 0.3) is 0 Å². The predicted molar refractivity (Wildman–Crippen MR) is 81.4 cm³/mol. The van der Waals surface area contributed by atoms with Crippen LogP contribution in [0.5, 0.6) is 0 Å². The number of hydrogen-bond donors (Lipinski definition) is 1. The van der Waals surface area contributed by atoms with Gasteiger partial charge in [0, 0.05) is 16.0 Å². The fraction of sp³-hybridized carbons (Fsp3) is 0.357. The van der Waals surface area contributed by atoms with E-state index in [2.05, 4.69) is 9.71 Å². The van der Waals surface area contributed by atoms with E-state index in [0.717, 1.165) is 15.4 Å². The number of nitrogens with zero attached hydrogens (tertiary/aromatic N) is 1. The molecule has 0 fully saturated rings. The van der Waals surface area contributed by atoms with Crippen molar-refractivity contribution in [2.75, 3.05) is 0 Å². The Morgan fingerprint density at radius 3 is 2.60 bits per heavy atom. The van der Waals surface area contributed by atoms with Crippen LogP contribution in [-0.2, 0) is 10.0 Å². The Hall–Kier alpha value is -1.24. The van der Waals surface area contributed by atoms with Crippen molar-refractivity contribution in [1.82, 2.24) is 9.71 Å². The molecule has 0 radical (unpaired) electrons. The number of aryl methyl sites for hydroxylation is 2. The molecular weight excluding hydrogens is 292 g/mol. The maximum atomic E-state index is 12.5. The first kappa shape index (κ1) is 15.2. The molecule has 6 heteroatoms. The van der Waals surface area contributed by atoms with Crippen LogP contribution < -0.4 is 4.72 Å². The van der Waals surface area contributed by atoms with E-state index in [1.807, 2.05) is 39.0 Å². The highest BCUT2D eigenvalue weighted by atomic mass is 32.2. The van der Waals surface area contributed by atoms with Gasteiger partial charge in [0.25, 0.3) is 0 Å². The van der Waals surface area contributed by atoms with Crippen molar-refractivity contribution in [3.8, 4) is 0 Å². The quantitative estimate of drug-likeness (QED) is 0.922. The summed E-state index contributed by atoms with van der Waals surface area (Å²) in [6, 6.07) is 6.92. The normalized spacial score (nSPS) is 13.3. The monoisotopic (exact) mass is 310 g/mol. The Bertz CT molecular complexity index is 678. The SMILES string of the molecule is CCC(NS(=O)(=O)c1cc(C)sc1C)c1ccccn1. The van der Waals surface area contributed by atoms with Crippen molar-refractivity contribution in [3.63, 3.8) is 0 Å². The lowest BCUT2D eigenvalue weighted by Crippen LogP contribution is -2.29. The first-order chi connectivity index (χ1) is 9.44. The largest absolute Gasteiger partial charge is 0.260 e. The molecule has 2 rings (SSSR count). The lowest BCUT2D eigenvalue weighted by molar-refractivity contribution is 0.544. The topological polar surface area (TPSA) is 59.1 Å². The summed E-state index contributed by atoms with van der Waals surface area (Å²) in [7, 11) is -3.51. The second-order valence-electron chi connectivity index (χ2n) is 4.61. The molecular formula is C14H18N2O2S2. The molecule has 1 N–H and O–H groups in total. The van der Waals surface area contributed by atoms with Crippen LogP contribution in [-0.4, -0.2) is 13.4 Å². The van der Waals surface area contributed by atoms with Gasteiger partial charge in [-0.3, -0.25) is 4.98 Å². The minimum absolute atomic E-state index is 0.305. The maximum Gasteiger partial charge on any atom is 0.242 e.